The minimum atomic E-state index is 0.904. The molecule has 1 aliphatic rings. The Kier molecular flexibility index (Phi) is 4.79. The maximum Gasteiger partial charge on any atom is 0.000407 e. The summed E-state index contributed by atoms with van der Waals surface area (Å²) in [6, 6.07) is 0. The number of rotatable bonds is 6. The van der Waals surface area contributed by atoms with Crippen molar-refractivity contribution < 1.29 is 0 Å². The molecule has 0 aliphatic heterocycles. The van der Waals surface area contributed by atoms with Gasteiger partial charge >= 0.3 is 0 Å². The van der Waals surface area contributed by atoms with E-state index in [2.05, 4.69) is 25.8 Å². The molecule has 1 rings (SSSR count). The highest BCUT2D eigenvalue weighted by molar-refractivity contribution is 4.73. The molecule has 0 N–H and O–H groups in total. The monoisotopic (exact) mass is 183 g/mol. The number of nitrogens with zero attached hydrogens (tertiary/aromatic N) is 1. The summed E-state index contributed by atoms with van der Waals surface area (Å²) in [4.78, 5) is 2.48. The third-order valence-electron chi connectivity index (χ3n) is 3.19. The molecule has 0 amide bonds. The molecule has 0 aromatic rings. The van der Waals surface area contributed by atoms with Gasteiger partial charge in [0.05, 0.1) is 0 Å². The van der Waals surface area contributed by atoms with Crippen molar-refractivity contribution in [3.05, 3.63) is 0 Å². The van der Waals surface area contributed by atoms with E-state index in [1.54, 1.807) is 0 Å². The topological polar surface area (TPSA) is 3.24 Å². The first-order valence-corrected chi connectivity index (χ1v) is 5.91. The van der Waals surface area contributed by atoms with Crippen molar-refractivity contribution in [2.45, 2.75) is 46.0 Å². The molecule has 0 aromatic heterocycles. The molecular weight excluding hydrogens is 158 g/mol. The molecule has 0 spiro atoms. The van der Waals surface area contributed by atoms with Crippen LogP contribution in [0.2, 0.25) is 0 Å². The highest BCUT2D eigenvalue weighted by Gasteiger charge is 2.20. The number of hydrogen-bond acceptors (Lipinski definition) is 1. The van der Waals surface area contributed by atoms with Crippen LogP contribution in [0.3, 0.4) is 0 Å². The van der Waals surface area contributed by atoms with E-state index in [-0.39, 0.29) is 0 Å². The predicted molar refractivity (Wildman–Crippen MR) is 58.9 cm³/mol. The van der Waals surface area contributed by atoms with E-state index >= 15 is 0 Å². The van der Waals surface area contributed by atoms with Gasteiger partial charge in [-0.1, -0.05) is 33.1 Å². The van der Waals surface area contributed by atoms with Gasteiger partial charge < -0.3 is 4.90 Å². The first-order chi connectivity index (χ1) is 6.22. The van der Waals surface area contributed by atoms with Crippen molar-refractivity contribution in [2.24, 2.45) is 11.8 Å². The van der Waals surface area contributed by atoms with Crippen molar-refractivity contribution in [1.29, 1.82) is 0 Å². The SMILES string of the molecule is CCCN(C)CC(C)CC1CCC1. The largest absolute Gasteiger partial charge is 0.306 e. The minimum absolute atomic E-state index is 0.904. The van der Waals surface area contributed by atoms with Gasteiger partial charge in [0.1, 0.15) is 0 Å². The first-order valence-electron chi connectivity index (χ1n) is 5.91. The van der Waals surface area contributed by atoms with Crippen molar-refractivity contribution >= 4 is 0 Å². The van der Waals surface area contributed by atoms with Crippen molar-refractivity contribution in [2.75, 3.05) is 20.1 Å². The highest BCUT2D eigenvalue weighted by Crippen LogP contribution is 2.32. The highest BCUT2D eigenvalue weighted by atomic mass is 15.1. The molecule has 1 fully saturated rings. The van der Waals surface area contributed by atoms with Gasteiger partial charge in [0, 0.05) is 6.54 Å². The summed E-state index contributed by atoms with van der Waals surface area (Å²) in [5.41, 5.74) is 0. The van der Waals surface area contributed by atoms with Crippen LogP contribution < -0.4 is 0 Å². The molecule has 0 bridgehead atoms. The molecule has 1 unspecified atom stereocenters. The van der Waals surface area contributed by atoms with Crippen LogP contribution in [0.15, 0.2) is 0 Å². The van der Waals surface area contributed by atoms with Crippen molar-refractivity contribution in [3.8, 4) is 0 Å². The van der Waals surface area contributed by atoms with Crippen LogP contribution >= 0.6 is 0 Å². The lowest BCUT2D eigenvalue weighted by molar-refractivity contribution is 0.212. The Bertz CT molecular complexity index is 129. The van der Waals surface area contributed by atoms with Crippen LogP contribution in [0.4, 0.5) is 0 Å². The molecule has 1 aliphatic carbocycles. The van der Waals surface area contributed by atoms with Crippen LogP contribution in [-0.4, -0.2) is 25.0 Å². The molecule has 0 radical (unpaired) electrons. The minimum Gasteiger partial charge on any atom is -0.306 e. The summed E-state index contributed by atoms with van der Waals surface area (Å²) in [6.07, 6.45) is 7.24. The van der Waals surface area contributed by atoms with Gasteiger partial charge in [-0.05, 0) is 38.3 Å². The Labute approximate surface area is 83.5 Å². The van der Waals surface area contributed by atoms with Gasteiger partial charge in [-0.15, -0.1) is 0 Å². The molecular formula is C12H25N. The van der Waals surface area contributed by atoms with Crippen molar-refractivity contribution in [3.63, 3.8) is 0 Å². The van der Waals surface area contributed by atoms with E-state index < -0.39 is 0 Å². The zero-order chi connectivity index (χ0) is 9.68. The Hall–Kier alpha value is -0.0400. The Morgan fingerprint density at radius 3 is 2.54 bits per heavy atom. The summed E-state index contributed by atoms with van der Waals surface area (Å²) in [6.45, 7) is 7.22. The van der Waals surface area contributed by atoms with Crippen LogP contribution in [0, 0.1) is 11.8 Å². The lowest BCUT2D eigenvalue weighted by Crippen LogP contribution is -2.27. The van der Waals surface area contributed by atoms with Gasteiger partial charge in [-0.25, -0.2) is 0 Å². The third kappa shape index (κ3) is 4.12. The average molecular weight is 183 g/mol. The lowest BCUT2D eigenvalue weighted by Gasteiger charge is -2.30. The maximum atomic E-state index is 2.48. The van der Waals surface area contributed by atoms with Crippen LogP contribution in [0.5, 0.6) is 0 Å². The fraction of sp³-hybridized carbons (Fsp3) is 1.00. The fourth-order valence-electron chi connectivity index (χ4n) is 2.38. The normalized spacial score (nSPS) is 20.3. The second kappa shape index (κ2) is 5.64. The molecule has 13 heavy (non-hydrogen) atoms. The summed E-state index contributed by atoms with van der Waals surface area (Å²) in [5.74, 6) is 1.98. The Morgan fingerprint density at radius 1 is 1.38 bits per heavy atom. The molecule has 78 valence electrons. The molecule has 0 heterocycles. The second-order valence-electron chi connectivity index (χ2n) is 4.90. The predicted octanol–water partition coefficient (Wildman–Crippen LogP) is 3.15. The fourth-order valence-corrected chi connectivity index (χ4v) is 2.38. The summed E-state index contributed by atoms with van der Waals surface area (Å²) >= 11 is 0. The van der Waals surface area contributed by atoms with Gasteiger partial charge in [0.2, 0.25) is 0 Å². The summed E-state index contributed by atoms with van der Waals surface area (Å²) in [5, 5.41) is 0. The van der Waals surface area contributed by atoms with Crippen LogP contribution in [-0.2, 0) is 0 Å². The third-order valence-corrected chi connectivity index (χ3v) is 3.19. The van der Waals surface area contributed by atoms with Crippen molar-refractivity contribution in [1.82, 2.24) is 4.90 Å². The quantitative estimate of drug-likeness (QED) is 0.611. The van der Waals surface area contributed by atoms with Gasteiger partial charge in [-0.3, -0.25) is 0 Å². The number of hydrogen-bond donors (Lipinski definition) is 0. The zero-order valence-electron chi connectivity index (χ0n) is 9.55. The molecule has 1 saturated carbocycles. The van der Waals surface area contributed by atoms with Crippen LogP contribution in [0.1, 0.15) is 46.0 Å². The van der Waals surface area contributed by atoms with E-state index in [9.17, 15) is 0 Å². The second-order valence-corrected chi connectivity index (χ2v) is 4.90. The van der Waals surface area contributed by atoms with E-state index in [1.807, 2.05) is 0 Å². The molecule has 0 aromatic carbocycles. The lowest BCUT2D eigenvalue weighted by atomic mass is 9.79. The Balaban J connectivity index is 2.04. The summed E-state index contributed by atoms with van der Waals surface area (Å²) < 4.78 is 0. The molecule has 0 saturated heterocycles. The first kappa shape index (κ1) is 11.0. The average Bonchev–Trinajstić information content (AvgIpc) is 1.97. The molecule has 1 heteroatoms. The van der Waals surface area contributed by atoms with E-state index in [1.165, 1.54) is 45.2 Å². The van der Waals surface area contributed by atoms with Gasteiger partial charge in [0.15, 0.2) is 0 Å². The zero-order valence-corrected chi connectivity index (χ0v) is 9.55. The smallest absolute Gasteiger partial charge is 0.000407 e. The van der Waals surface area contributed by atoms with Crippen LogP contribution in [0.25, 0.3) is 0 Å². The van der Waals surface area contributed by atoms with Gasteiger partial charge in [0.25, 0.3) is 0 Å². The van der Waals surface area contributed by atoms with E-state index in [0.29, 0.717) is 0 Å². The maximum absolute atomic E-state index is 2.48. The van der Waals surface area contributed by atoms with E-state index in [4.69, 9.17) is 0 Å². The van der Waals surface area contributed by atoms with E-state index in [0.717, 1.165) is 11.8 Å². The summed E-state index contributed by atoms with van der Waals surface area (Å²) in [7, 11) is 2.25. The molecule has 1 nitrogen and oxygen atoms in total. The molecule has 1 atom stereocenters. The Morgan fingerprint density at radius 2 is 2.08 bits per heavy atom. The van der Waals surface area contributed by atoms with Gasteiger partial charge in [-0.2, -0.15) is 0 Å². The standard InChI is InChI=1S/C12H25N/c1-4-8-13(3)10-11(2)9-12-6-5-7-12/h11-12H,4-10H2,1-3H3.